The summed E-state index contributed by atoms with van der Waals surface area (Å²) in [5, 5.41) is 0. The third-order valence-electron chi connectivity index (χ3n) is 2.82. The van der Waals surface area contributed by atoms with Crippen molar-refractivity contribution in [1.82, 2.24) is 10.9 Å². The van der Waals surface area contributed by atoms with E-state index in [4.69, 9.17) is 4.74 Å². The number of carbonyl (C=O) groups is 2. The van der Waals surface area contributed by atoms with Crippen molar-refractivity contribution in [3.05, 3.63) is 62.5 Å². The molecule has 22 heavy (non-hydrogen) atoms. The van der Waals surface area contributed by atoms with E-state index in [1.165, 1.54) is 7.11 Å². The van der Waals surface area contributed by atoms with E-state index in [0.717, 1.165) is 0 Å². The van der Waals surface area contributed by atoms with E-state index in [1.54, 1.807) is 42.5 Å². The number of amides is 2. The highest BCUT2D eigenvalue weighted by atomic mass is 79.9. The Bertz CT molecular complexity index is 720. The topological polar surface area (TPSA) is 67.4 Å². The third-order valence-corrected chi connectivity index (χ3v) is 4.13. The van der Waals surface area contributed by atoms with Gasteiger partial charge in [-0.15, -0.1) is 0 Å². The van der Waals surface area contributed by atoms with Crippen molar-refractivity contribution in [2.75, 3.05) is 7.11 Å². The summed E-state index contributed by atoms with van der Waals surface area (Å²) >= 11 is 6.58. The average Bonchev–Trinajstić information content (AvgIpc) is 2.52. The number of methoxy groups -OCH3 is 1. The number of benzene rings is 2. The number of carbonyl (C=O) groups excluding carboxylic acids is 2. The van der Waals surface area contributed by atoms with Crippen LogP contribution >= 0.6 is 31.9 Å². The summed E-state index contributed by atoms with van der Waals surface area (Å²) in [7, 11) is 1.54. The standard InChI is InChI=1S/C15H12Br2N2O3/c1-22-13-7-6-9(8-12(13)17)14(20)18-19-15(21)10-4-2-3-5-11(10)16/h2-8H,1H3,(H,18,20)(H,19,21). The van der Waals surface area contributed by atoms with Crippen molar-refractivity contribution in [2.24, 2.45) is 0 Å². The maximum atomic E-state index is 12.0. The minimum Gasteiger partial charge on any atom is -0.496 e. The molecule has 0 fully saturated rings. The molecule has 0 bridgehead atoms. The minimum absolute atomic E-state index is 0.389. The van der Waals surface area contributed by atoms with Crippen LogP contribution in [-0.2, 0) is 0 Å². The van der Waals surface area contributed by atoms with Crippen molar-refractivity contribution in [3.8, 4) is 5.75 Å². The van der Waals surface area contributed by atoms with Gasteiger partial charge in [0.1, 0.15) is 5.75 Å². The van der Waals surface area contributed by atoms with Crippen LogP contribution in [0.1, 0.15) is 20.7 Å². The van der Waals surface area contributed by atoms with Gasteiger partial charge in [-0.3, -0.25) is 20.4 Å². The summed E-state index contributed by atoms with van der Waals surface area (Å²) in [6.45, 7) is 0. The Kier molecular flexibility index (Phi) is 5.57. The number of ether oxygens (including phenoxy) is 1. The fourth-order valence-electron chi connectivity index (χ4n) is 1.71. The van der Waals surface area contributed by atoms with E-state index >= 15 is 0 Å². The minimum atomic E-state index is -0.427. The molecule has 2 aromatic rings. The van der Waals surface area contributed by atoms with E-state index in [9.17, 15) is 9.59 Å². The van der Waals surface area contributed by atoms with Crippen LogP contribution in [0.4, 0.5) is 0 Å². The highest BCUT2D eigenvalue weighted by Gasteiger charge is 2.12. The van der Waals surface area contributed by atoms with Gasteiger partial charge in [0.2, 0.25) is 0 Å². The Morgan fingerprint density at radius 3 is 2.27 bits per heavy atom. The molecule has 0 spiro atoms. The summed E-state index contributed by atoms with van der Waals surface area (Å²) in [6, 6.07) is 11.8. The monoisotopic (exact) mass is 426 g/mol. The van der Waals surface area contributed by atoms with Gasteiger partial charge in [0.05, 0.1) is 17.1 Å². The molecule has 0 atom stereocenters. The first-order valence-electron chi connectivity index (χ1n) is 6.21. The Morgan fingerprint density at radius 2 is 1.64 bits per heavy atom. The van der Waals surface area contributed by atoms with E-state index in [2.05, 4.69) is 42.7 Å². The summed E-state index contributed by atoms with van der Waals surface area (Å²) in [6.07, 6.45) is 0. The fourth-order valence-corrected chi connectivity index (χ4v) is 2.71. The van der Waals surface area contributed by atoms with Gasteiger partial charge in [-0.2, -0.15) is 0 Å². The number of rotatable bonds is 3. The molecule has 7 heteroatoms. The van der Waals surface area contributed by atoms with Gasteiger partial charge < -0.3 is 4.74 Å². The number of hydrogen-bond donors (Lipinski definition) is 2. The molecule has 2 amide bonds. The highest BCUT2D eigenvalue weighted by Crippen LogP contribution is 2.25. The van der Waals surface area contributed by atoms with Gasteiger partial charge in [0.25, 0.3) is 11.8 Å². The molecule has 2 aromatic carbocycles. The molecule has 0 heterocycles. The lowest BCUT2D eigenvalue weighted by atomic mass is 10.2. The quantitative estimate of drug-likeness (QED) is 0.738. The molecule has 0 saturated heterocycles. The first-order chi connectivity index (χ1) is 10.5. The Balaban J connectivity index is 2.02. The van der Waals surface area contributed by atoms with Gasteiger partial charge in [-0.1, -0.05) is 12.1 Å². The van der Waals surface area contributed by atoms with Crippen LogP contribution < -0.4 is 15.6 Å². The van der Waals surface area contributed by atoms with E-state index in [1.807, 2.05) is 0 Å². The van der Waals surface area contributed by atoms with Crippen molar-refractivity contribution < 1.29 is 14.3 Å². The number of halogens is 2. The molecule has 5 nitrogen and oxygen atoms in total. The molecule has 0 radical (unpaired) electrons. The summed E-state index contributed by atoms with van der Waals surface area (Å²) < 4.78 is 6.40. The molecule has 0 saturated carbocycles. The number of hydrazine groups is 1. The van der Waals surface area contributed by atoms with Crippen LogP contribution in [-0.4, -0.2) is 18.9 Å². The predicted molar refractivity (Wildman–Crippen MR) is 89.8 cm³/mol. The summed E-state index contributed by atoms with van der Waals surface area (Å²) in [4.78, 5) is 24.0. The molecule has 0 aliphatic heterocycles. The summed E-state index contributed by atoms with van der Waals surface area (Å²) in [5.41, 5.74) is 5.56. The van der Waals surface area contributed by atoms with Crippen LogP contribution in [0.15, 0.2) is 51.4 Å². The second-order valence-electron chi connectivity index (χ2n) is 4.24. The second kappa shape index (κ2) is 7.42. The van der Waals surface area contributed by atoms with Crippen LogP contribution in [0.5, 0.6) is 5.75 Å². The average molecular weight is 428 g/mol. The van der Waals surface area contributed by atoms with Crippen LogP contribution in [0, 0.1) is 0 Å². The molecule has 0 aromatic heterocycles. The Morgan fingerprint density at radius 1 is 0.955 bits per heavy atom. The van der Waals surface area contributed by atoms with Crippen molar-refractivity contribution in [1.29, 1.82) is 0 Å². The van der Waals surface area contributed by atoms with Gasteiger partial charge >= 0.3 is 0 Å². The lowest BCUT2D eigenvalue weighted by molar-refractivity contribution is 0.0846. The lowest BCUT2D eigenvalue weighted by Crippen LogP contribution is -2.41. The molecule has 0 aliphatic carbocycles. The largest absolute Gasteiger partial charge is 0.496 e. The molecular formula is C15H12Br2N2O3. The van der Waals surface area contributed by atoms with Crippen LogP contribution in [0.2, 0.25) is 0 Å². The normalized spacial score (nSPS) is 9.95. The second-order valence-corrected chi connectivity index (χ2v) is 5.95. The van der Waals surface area contributed by atoms with Gasteiger partial charge in [-0.25, -0.2) is 0 Å². The van der Waals surface area contributed by atoms with Crippen molar-refractivity contribution in [3.63, 3.8) is 0 Å². The van der Waals surface area contributed by atoms with Gasteiger partial charge in [0.15, 0.2) is 0 Å². The Labute approximate surface area is 144 Å². The maximum absolute atomic E-state index is 12.0. The molecule has 0 unspecified atom stereocenters. The first-order valence-corrected chi connectivity index (χ1v) is 7.80. The molecular weight excluding hydrogens is 416 g/mol. The van der Waals surface area contributed by atoms with E-state index < -0.39 is 11.8 Å². The lowest BCUT2D eigenvalue weighted by Gasteiger charge is -2.09. The third kappa shape index (κ3) is 3.86. The van der Waals surface area contributed by atoms with Crippen molar-refractivity contribution >= 4 is 43.7 Å². The fraction of sp³-hybridized carbons (Fsp3) is 0.0667. The SMILES string of the molecule is COc1ccc(C(=O)NNC(=O)c2ccccc2Br)cc1Br. The maximum Gasteiger partial charge on any atom is 0.270 e. The van der Waals surface area contributed by atoms with E-state index in [-0.39, 0.29) is 0 Å². The first kappa shape index (κ1) is 16.5. The molecule has 114 valence electrons. The van der Waals surface area contributed by atoms with Gasteiger partial charge in [0, 0.05) is 10.0 Å². The zero-order valence-corrected chi connectivity index (χ0v) is 14.7. The number of hydrogen-bond acceptors (Lipinski definition) is 3. The van der Waals surface area contributed by atoms with Gasteiger partial charge in [-0.05, 0) is 62.2 Å². The van der Waals surface area contributed by atoms with Crippen LogP contribution in [0.3, 0.4) is 0 Å². The predicted octanol–water partition coefficient (Wildman–Crippen LogP) is 3.30. The number of nitrogens with one attached hydrogen (secondary N) is 2. The Hall–Kier alpha value is -1.86. The summed E-state index contributed by atoms with van der Waals surface area (Å²) in [5.74, 6) is -0.217. The van der Waals surface area contributed by atoms with Crippen molar-refractivity contribution in [2.45, 2.75) is 0 Å². The molecule has 2 rings (SSSR count). The zero-order valence-electron chi connectivity index (χ0n) is 11.5. The molecule has 0 aliphatic rings. The molecule has 2 N–H and O–H groups in total. The van der Waals surface area contributed by atoms with Crippen LogP contribution in [0.25, 0.3) is 0 Å². The zero-order chi connectivity index (χ0) is 16.1. The highest BCUT2D eigenvalue weighted by molar-refractivity contribution is 9.10. The smallest absolute Gasteiger partial charge is 0.270 e. The van der Waals surface area contributed by atoms with E-state index in [0.29, 0.717) is 25.8 Å².